The van der Waals surface area contributed by atoms with Gasteiger partial charge in [-0.2, -0.15) is 0 Å². The highest BCUT2D eigenvalue weighted by Gasteiger charge is 2.23. The molecule has 1 saturated carbocycles. The third-order valence-corrected chi connectivity index (χ3v) is 5.46. The molecule has 1 aliphatic carbocycles. The smallest absolute Gasteiger partial charge is 0.274 e. The van der Waals surface area contributed by atoms with Crippen molar-refractivity contribution < 1.29 is 4.79 Å². The summed E-state index contributed by atoms with van der Waals surface area (Å²) < 4.78 is 2.00. The summed E-state index contributed by atoms with van der Waals surface area (Å²) >= 11 is 0. The number of imidazole rings is 1. The van der Waals surface area contributed by atoms with Crippen molar-refractivity contribution in [3.8, 4) is 0 Å². The van der Waals surface area contributed by atoms with Gasteiger partial charge in [-0.25, -0.2) is 4.98 Å². The SMILES string of the molecule is Cc1cc2c(cc1C(=O)N(C)C)[nH]c(=O)c1cnc(C3CCCCC3)n12. The van der Waals surface area contributed by atoms with Crippen molar-refractivity contribution in [3.63, 3.8) is 0 Å². The van der Waals surface area contributed by atoms with Crippen LogP contribution in [0.25, 0.3) is 16.6 Å². The number of hydrogen-bond donors (Lipinski definition) is 1. The normalized spacial score (nSPS) is 15.7. The van der Waals surface area contributed by atoms with Crippen LogP contribution in [0.1, 0.15) is 59.8 Å². The maximum absolute atomic E-state index is 12.6. The molecule has 6 nitrogen and oxygen atoms in total. The van der Waals surface area contributed by atoms with E-state index in [1.54, 1.807) is 31.3 Å². The van der Waals surface area contributed by atoms with E-state index >= 15 is 0 Å². The fourth-order valence-corrected chi connectivity index (χ4v) is 4.06. The van der Waals surface area contributed by atoms with Gasteiger partial charge in [0.05, 0.1) is 17.2 Å². The first-order valence-corrected chi connectivity index (χ1v) is 9.23. The van der Waals surface area contributed by atoms with Crippen LogP contribution in [0.5, 0.6) is 0 Å². The Morgan fingerprint density at radius 3 is 2.62 bits per heavy atom. The summed E-state index contributed by atoms with van der Waals surface area (Å²) in [6.45, 7) is 1.93. The largest absolute Gasteiger partial charge is 0.345 e. The van der Waals surface area contributed by atoms with E-state index in [4.69, 9.17) is 0 Å². The second-order valence-corrected chi connectivity index (χ2v) is 7.51. The van der Waals surface area contributed by atoms with Crippen molar-refractivity contribution in [2.24, 2.45) is 0 Å². The van der Waals surface area contributed by atoms with Gasteiger partial charge in [-0.05, 0) is 37.5 Å². The third kappa shape index (κ3) is 2.60. The highest BCUT2D eigenvalue weighted by Crippen LogP contribution is 2.33. The zero-order valence-corrected chi connectivity index (χ0v) is 15.5. The van der Waals surface area contributed by atoms with Crippen molar-refractivity contribution >= 4 is 22.5 Å². The zero-order valence-electron chi connectivity index (χ0n) is 15.5. The lowest BCUT2D eigenvalue weighted by Gasteiger charge is -2.21. The van der Waals surface area contributed by atoms with Crippen molar-refractivity contribution in [2.75, 3.05) is 14.1 Å². The second kappa shape index (κ2) is 6.27. The first kappa shape index (κ1) is 16.8. The predicted octanol–water partition coefficient (Wildman–Crippen LogP) is 3.23. The first-order valence-electron chi connectivity index (χ1n) is 9.23. The molecule has 0 bridgehead atoms. The number of aromatic nitrogens is 3. The quantitative estimate of drug-likeness (QED) is 0.770. The molecule has 0 spiro atoms. The number of fused-ring (bicyclic) bond motifs is 3. The summed E-state index contributed by atoms with van der Waals surface area (Å²) in [5.74, 6) is 1.30. The van der Waals surface area contributed by atoms with Gasteiger partial charge in [0.15, 0.2) is 0 Å². The highest BCUT2D eigenvalue weighted by atomic mass is 16.2. The summed E-state index contributed by atoms with van der Waals surface area (Å²) in [5.41, 5.74) is 3.49. The number of carbonyl (C=O) groups is 1. The van der Waals surface area contributed by atoms with E-state index in [1.807, 2.05) is 17.4 Å². The molecular weight excluding hydrogens is 328 g/mol. The number of aryl methyl sites for hydroxylation is 1. The van der Waals surface area contributed by atoms with Gasteiger partial charge in [0, 0.05) is 25.6 Å². The van der Waals surface area contributed by atoms with Gasteiger partial charge in [-0.3, -0.25) is 14.0 Å². The van der Waals surface area contributed by atoms with Crippen LogP contribution in [-0.2, 0) is 0 Å². The van der Waals surface area contributed by atoms with Crippen molar-refractivity contribution in [1.29, 1.82) is 0 Å². The Hall–Kier alpha value is -2.63. The van der Waals surface area contributed by atoms with Gasteiger partial charge in [0.2, 0.25) is 0 Å². The zero-order chi connectivity index (χ0) is 18.4. The van der Waals surface area contributed by atoms with E-state index in [9.17, 15) is 9.59 Å². The molecule has 0 radical (unpaired) electrons. The van der Waals surface area contributed by atoms with Crippen LogP contribution in [0.3, 0.4) is 0 Å². The molecule has 1 amide bonds. The Kier molecular flexibility index (Phi) is 4.05. The molecule has 0 saturated heterocycles. The Bertz CT molecular complexity index is 1060. The predicted molar refractivity (Wildman–Crippen MR) is 102 cm³/mol. The van der Waals surface area contributed by atoms with E-state index in [-0.39, 0.29) is 11.5 Å². The molecule has 1 aromatic carbocycles. The van der Waals surface area contributed by atoms with Crippen LogP contribution in [0.15, 0.2) is 23.1 Å². The molecule has 0 atom stereocenters. The van der Waals surface area contributed by atoms with Crippen LogP contribution in [0.2, 0.25) is 0 Å². The minimum atomic E-state index is -0.167. The van der Waals surface area contributed by atoms with E-state index in [1.165, 1.54) is 19.3 Å². The molecular formula is C20H24N4O2. The fraction of sp³-hybridized carbons (Fsp3) is 0.450. The summed E-state index contributed by atoms with van der Waals surface area (Å²) in [6.07, 6.45) is 7.60. The summed E-state index contributed by atoms with van der Waals surface area (Å²) in [4.78, 5) is 34.1. The first-order chi connectivity index (χ1) is 12.5. The Labute approximate surface area is 151 Å². The Morgan fingerprint density at radius 1 is 1.19 bits per heavy atom. The fourth-order valence-electron chi connectivity index (χ4n) is 4.06. The average molecular weight is 352 g/mol. The van der Waals surface area contributed by atoms with Crippen molar-refractivity contribution in [1.82, 2.24) is 19.3 Å². The van der Waals surface area contributed by atoms with Gasteiger partial charge in [-0.1, -0.05) is 19.3 Å². The average Bonchev–Trinajstić information content (AvgIpc) is 3.08. The lowest BCUT2D eigenvalue weighted by molar-refractivity contribution is 0.0827. The lowest BCUT2D eigenvalue weighted by atomic mass is 9.88. The van der Waals surface area contributed by atoms with E-state index < -0.39 is 0 Å². The van der Waals surface area contributed by atoms with Crippen molar-refractivity contribution in [3.05, 3.63) is 45.6 Å². The van der Waals surface area contributed by atoms with Gasteiger partial charge < -0.3 is 9.88 Å². The highest BCUT2D eigenvalue weighted by molar-refractivity contribution is 5.99. The minimum Gasteiger partial charge on any atom is -0.345 e. The number of nitrogens with one attached hydrogen (secondary N) is 1. The van der Waals surface area contributed by atoms with Crippen LogP contribution in [0.4, 0.5) is 0 Å². The van der Waals surface area contributed by atoms with Crippen LogP contribution < -0.4 is 5.56 Å². The summed E-state index contributed by atoms with van der Waals surface area (Å²) in [7, 11) is 3.46. The topological polar surface area (TPSA) is 70.5 Å². The molecule has 3 aromatic rings. The summed E-state index contributed by atoms with van der Waals surface area (Å²) in [6, 6.07) is 3.78. The van der Waals surface area contributed by atoms with Crippen LogP contribution in [0, 0.1) is 6.92 Å². The number of nitrogens with zero attached hydrogens (tertiary/aromatic N) is 3. The van der Waals surface area contributed by atoms with Gasteiger partial charge in [0.1, 0.15) is 11.3 Å². The number of carbonyl (C=O) groups excluding carboxylic acids is 1. The number of hydrogen-bond acceptors (Lipinski definition) is 3. The van der Waals surface area contributed by atoms with Crippen LogP contribution in [-0.4, -0.2) is 39.3 Å². The standard InChI is InChI=1S/C20H24N4O2/c1-12-9-16-15(10-14(12)20(26)23(2)3)22-19(25)17-11-21-18(24(16)17)13-7-5-4-6-8-13/h9-11,13H,4-8H2,1-3H3,(H,22,25). The molecule has 4 rings (SSSR count). The maximum Gasteiger partial charge on any atom is 0.274 e. The van der Waals surface area contributed by atoms with Gasteiger partial charge >= 0.3 is 0 Å². The molecule has 26 heavy (non-hydrogen) atoms. The lowest BCUT2D eigenvalue weighted by Crippen LogP contribution is -2.23. The van der Waals surface area contributed by atoms with E-state index in [2.05, 4.69) is 9.97 Å². The second-order valence-electron chi connectivity index (χ2n) is 7.51. The minimum absolute atomic E-state index is 0.0662. The molecule has 1 fully saturated rings. The molecule has 6 heteroatoms. The molecule has 2 heterocycles. The van der Waals surface area contributed by atoms with Gasteiger partial charge in [0.25, 0.3) is 11.5 Å². The Balaban J connectivity index is 1.99. The number of aromatic amines is 1. The molecule has 0 aliphatic heterocycles. The third-order valence-electron chi connectivity index (χ3n) is 5.46. The summed E-state index contributed by atoms with van der Waals surface area (Å²) in [5, 5.41) is 0. The number of benzene rings is 1. The molecule has 1 aliphatic rings. The molecule has 136 valence electrons. The van der Waals surface area contributed by atoms with Crippen LogP contribution >= 0.6 is 0 Å². The number of H-pyrrole nitrogens is 1. The monoisotopic (exact) mass is 352 g/mol. The van der Waals surface area contributed by atoms with E-state index in [0.717, 1.165) is 29.7 Å². The van der Waals surface area contributed by atoms with E-state index in [0.29, 0.717) is 22.5 Å². The molecule has 0 unspecified atom stereocenters. The number of rotatable bonds is 2. The molecule has 2 aromatic heterocycles. The Morgan fingerprint density at radius 2 is 1.92 bits per heavy atom. The maximum atomic E-state index is 12.6. The van der Waals surface area contributed by atoms with Gasteiger partial charge in [-0.15, -0.1) is 0 Å². The molecule has 1 N–H and O–H groups in total. The number of amides is 1. The van der Waals surface area contributed by atoms with Crippen molar-refractivity contribution in [2.45, 2.75) is 44.9 Å².